The number of rotatable bonds is 3. The third kappa shape index (κ3) is 1.99. The fourth-order valence-electron chi connectivity index (χ4n) is 0.969. The molecule has 1 aliphatic rings. The molecule has 2 unspecified atom stereocenters. The maximum Gasteiger partial charge on any atom is 0.318 e. The minimum Gasteiger partial charge on any atom is -0.480 e. The summed E-state index contributed by atoms with van der Waals surface area (Å²) in [6.07, 6.45) is 0.960. The van der Waals surface area contributed by atoms with E-state index in [2.05, 4.69) is 5.32 Å². The van der Waals surface area contributed by atoms with E-state index in [1.165, 1.54) is 13.8 Å². The number of hydrogen-bond donors (Lipinski definition) is 2. The molecule has 0 bridgehead atoms. The first-order chi connectivity index (χ1) is 5.85. The minimum atomic E-state index is -1.32. The fraction of sp³-hybridized carbons (Fsp3) is 0.778. The largest absolute Gasteiger partial charge is 0.480 e. The van der Waals surface area contributed by atoms with Gasteiger partial charge in [0, 0.05) is 6.04 Å². The molecule has 4 nitrogen and oxygen atoms in total. The van der Waals surface area contributed by atoms with Gasteiger partial charge in [0.2, 0.25) is 5.91 Å². The van der Waals surface area contributed by atoms with Gasteiger partial charge in [-0.15, -0.1) is 0 Å². The van der Waals surface area contributed by atoms with Gasteiger partial charge in [-0.2, -0.15) is 0 Å². The van der Waals surface area contributed by atoms with Crippen molar-refractivity contribution in [2.75, 3.05) is 0 Å². The van der Waals surface area contributed by atoms with Crippen LogP contribution in [0.25, 0.3) is 0 Å². The van der Waals surface area contributed by atoms with Crippen LogP contribution >= 0.6 is 0 Å². The Morgan fingerprint density at radius 2 is 1.92 bits per heavy atom. The minimum absolute atomic E-state index is 0.186. The zero-order valence-electron chi connectivity index (χ0n) is 8.13. The Labute approximate surface area is 77.3 Å². The average molecular weight is 185 g/mol. The van der Waals surface area contributed by atoms with Crippen LogP contribution in [0.3, 0.4) is 0 Å². The summed E-state index contributed by atoms with van der Waals surface area (Å²) in [7, 11) is 0. The van der Waals surface area contributed by atoms with E-state index in [1.54, 1.807) is 0 Å². The van der Waals surface area contributed by atoms with Crippen LogP contribution in [0.2, 0.25) is 0 Å². The lowest BCUT2D eigenvalue weighted by Crippen LogP contribution is -2.43. The van der Waals surface area contributed by atoms with E-state index >= 15 is 0 Å². The Morgan fingerprint density at radius 3 is 2.23 bits per heavy atom. The Hall–Kier alpha value is -1.06. The van der Waals surface area contributed by atoms with Gasteiger partial charge in [0.15, 0.2) is 0 Å². The predicted octanol–water partition coefficient (Wildman–Crippen LogP) is 0.622. The molecule has 0 aliphatic heterocycles. The van der Waals surface area contributed by atoms with Crippen LogP contribution in [0, 0.1) is 11.3 Å². The SMILES string of the molecule is CC1CC1NC(=O)C(C)(C)C(=O)O. The molecule has 0 spiro atoms. The lowest BCUT2D eigenvalue weighted by atomic mass is 9.93. The van der Waals surface area contributed by atoms with Crippen molar-refractivity contribution < 1.29 is 14.7 Å². The van der Waals surface area contributed by atoms with Crippen LogP contribution in [0.1, 0.15) is 27.2 Å². The molecule has 0 heterocycles. The van der Waals surface area contributed by atoms with Crippen LogP contribution in [-0.4, -0.2) is 23.0 Å². The molecule has 1 rings (SSSR count). The normalized spacial score (nSPS) is 26.7. The first kappa shape index (κ1) is 10.0. The summed E-state index contributed by atoms with van der Waals surface area (Å²) < 4.78 is 0. The first-order valence-electron chi connectivity index (χ1n) is 4.40. The van der Waals surface area contributed by atoms with E-state index in [0.29, 0.717) is 5.92 Å². The van der Waals surface area contributed by atoms with Crippen LogP contribution in [0.15, 0.2) is 0 Å². The molecule has 4 heteroatoms. The molecule has 0 aromatic carbocycles. The molecule has 0 aromatic rings. The monoisotopic (exact) mass is 185 g/mol. The second-order valence-corrected chi connectivity index (χ2v) is 4.22. The van der Waals surface area contributed by atoms with Gasteiger partial charge < -0.3 is 10.4 Å². The van der Waals surface area contributed by atoms with Crippen molar-refractivity contribution in [1.29, 1.82) is 0 Å². The number of nitrogens with one attached hydrogen (secondary N) is 1. The molecule has 0 aromatic heterocycles. The van der Waals surface area contributed by atoms with Gasteiger partial charge in [-0.1, -0.05) is 6.92 Å². The highest BCUT2D eigenvalue weighted by molar-refractivity contribution is 6.01. The summed E-state index contributed by atoms with van der Waals surface area (Å²) in [6, 6.07) is 0.186. The summed E-state index contributed by atoms with van der Waals surface area (Å²) >= 11 is 0. The smallest absolute Gasteiger partial charge is 0.318 e. The molecule has 0 saturated heterocycles. The Bertz CT molecular complexity index is 247. The van der Waals surface area contributed by atoms with Crippen molar-refractivity contribution in [2.45, 2.75) is 33.2 Å². The molecule has 1 aliphatic carbocycles. The Kier molecular flexibility index (Phi) is 2.32. The molecule has 0 radical (unpaired) electrons. The zero-order valence-corrected chi connectivity index (χ0v) is 8.13. The number of carboxylic acids is 1. The van der Waals surface area contributed by atoms with Crippen molar-refractivity contribution in [3.8, 4) is 0 Å². The quantitative estimate of drug-likeness (QED) is 0.633. The van der Waals surface area contributed by atoms with E-state index < -0.39 is 17.3 Å². The number of carbonyl (C=O) groups excluding carboxylic acids is 1. The maximum absolute atomic E-state index is 11.4. The van der Waals surface area contributed by atoms with Crippen molar-refractivity contribution in [1.82, 2.24) is 5.32 Å². The lowest BCUT2D eigenvalue weighted by molar-refractivity contribution is -0.153. The summed E-state index contributed by atoms with van der Waals surface area (Å²) in [5.74, 6) is -0.985. The standard InChI is InChI=1S/C9H15NO3/c1-5-4-6(5)10-7(11)9(2,3)8(12)13/h5-6H,4H2,1-3H3,(H,10,11)(H,12,13). The molecule has 74 valence electrons. The highest BCUT2D eigenvalue weighted by Crippen LogP contribution is 2.30. The zero-order chi connectivity index (χ0) is 10.2. The van der Waals surface area contributed by atoms with Gasteiger partial charge in [0.1, 0.15) is 5.41 Å². The second-order valence-electron chi connectivity index (χ2n) is 4.22. The summed E-state index contributed by atoms with van der Waals surface area (Å²) in [4.78, 5) is 22.1. The van der Waals surface area contributed by atoms with E-state index in [-0.39, 0.29) is 6.04 Å². The van der Waals surface area contributed by atoms with Crippen molar-refractivity contribution in [3.05, 3.63) is 0 Å². The third-order valence-corrected chi connectivity index (χ3v) is 2.53. The molecule has 2 N–H and O–H groups in total. The van der Waals surface area contributed by atoms with E-state index in [0.717, 1.165) is 6.42 Å². The number of hydrogen-bond acceptors (Lipinski definition) is 2. The van der Waals surface area contributed by atoms with E-state index in [4.69, 9.17) is 5.11 Å². The average Bonchev–Trinajstić information content (AvgIpc) is 2.65. The molecule has 2 atom stereocenters. The predicted molar refractivity (Wildman–Crippen MR) is 47.1 cm³/mol. The number of aliphatic carboxylic acids is 1. The van der Waals surface area contributed by atoms with Gasteiger partial charge in [0.05, 0.1) is 0 Å². The molecule has 1 fully saturated rings. The highest BCUT2D eigenvalue weighted by atomic mass is 16.4. The third-order valence-electron chi connectivity index (χ3n) is 2.53. The van der Waals surface area contributed by atoms with Crippen molar-refractivity contribution in [3.63, 3.8) is 0 Å². The van der Waals surface area contributed by atoms with Gasteiger partial charge >= 0.3 is 5.97 Å². The van der Waals surface area contributed by atoms with Gasteiger partial charge in [-0.25, -0.2) is 0 Å². The Morgan fingerprint density at radius 1 is 1.46 bits per heavy atom. The highest BCUT2D eigenvalue weighted by Gasteiger charge is 2.41. The van der Waals surface area contributed by atoms with Crippen LogP contribution in [-0.2, 0) is 9.59 Å². The Balaban J connectivity index is 2.51. The number of carbonyl (C=O) groups is 2. The van der Waals surface area contributed by atoms with Gasteiger partial charge in [-0.05, 0) is 26.2 Å². The maximum atomic E-state index is 11.4. The molecular weight excluding hydrogens is 170 g/mol. The molecule has 13 heavy (non-hydrogen) atoms. The van der Waals surface area contributed by atoms with E-state index in [9.17, 15) is 9.59 Å². The molecule has 1 saturated carbocycles. The molecular formula is C9H15NO3. The molecule has 1 amide bonds. The number of amides is 1. The topological polar surface area (TPSA) is 66.4 Å². The van der Waals surface area contributed by atoms with Crippen LogP contribution < -0.4 is 5.32 Å². The lowest BCUT2D eigenvalue weighted by Gasteiger charge is -2.18. The summed E-state index contributed by atoms with van der Waals surface area (Å²) in [5.41, 5.74) is -1.32. The van der Waals surface area contributed by atoms with Crippen LogP contribution in [0.5, 0.6) is 0 Å². The van der Waals surface area contributed by atoms with Crippen LogP contribution in [0.4, 0.5) is 0 Å². The van der Waals surface area contributed by atoms with Gasteiger partial charge in [-0.3, -0.25) is 9.59 Å². The number of carboxylic acid groups (broad SMARTS) is 1. The first-order valence-corrected chi connectivity index (χ1v) is 4.40. The van der Waals surface area contributed by atoms with Gasteiger partial charge in [0.25, 0.3) is 0 Å². The summed E-state index contributed by atoms with van der Waals surface area (Å²) in [5, 5.41) is 11.5. The fourth-order valence-corrected chi connectivity index (χ4v) is 0.969. The van der Waals surface area contributed by atoms with Crippen molar-refractivity contribution >= 4 is 11.9 Å². The van der Waals surface area contributed by atoms with E-state index in [1.807, 2.05) is 6.92 Å². The second kappa shape index (κ2) is 3.01. The summed E-state index contributed by atoms with van der Waals surface area (Å²) in [6.45, 7) is 4.86. The van der Waals surface area contributed by atoms with Crippen molar-refractivity contribution in [2.24, 2.45) is 11.3 Å².